The zero-order valence-corrected chi connectivity index (χ0v) is 8.94. The molecule has 1 aliphatic rings. The van der Waals surface area contributed by atoms with E-state index in [0.717, 1.165) is 25.2 Å². The van der Waals surface area contributed by atoms with Crippen LogP contribution in [0.4, 0.5) is 0 Å². The summed E-state index contributed by atoms with van der Waals surface area (Å²) in [5.41, 5.74) is 0.771. The van der Waals surface area contributed by atoms with Crippen LogP contribution in [0.15, 0.2) is 30.3 Å². The third-order valence-corrected chi connectivity index (χ3v) is 2.77. The molecule has 15 heavy (non-hydrogen) atoms. The van der Waals surface area contributed by atoms with Crippen LogP contribution in [0.3, 0.4) is 0 Å². The molecule has 1 amide bonds. The molecule has 0 radical (unpaired) electrons. The molecule has 0 saturated carbocycles. The summed E-state index contributed by atoms with van der Waals surface area (Å²) in [5, 5.41) is 3.21. The number of nitrogens with zero attached hydrogens (tertiary/aromatic N) is 1. The smallest absolute Gasteiger partial charge is 0.253 e. The molecule has 1 saturated heterocycles. The highest BCUT2D eigenvalue weighted by molar-refractivity contribution is 5.93. The highest BCUT2D eigenvalue weighted by Crippen LogP contribution is 2.08. The zero-order chi connectivity index (χ0) is 10.7. The second-order valence-electron chi connectivity index (χ2n) is 4.08. The molecule has 0 spiro atoms. The summed E-state index contributed by atoms with van der Waals surface area (Å²) in [4.78, 5) is 13.7. The number of amides is 1. The highest BCUT2D eigenvalue weighted by Gasteiger charge is 2.21. The Morgan fingerprint density at radius 1 is 1.40 bits per heavy atom. The predicted octanol–water partition coefficient (Wildman–Crippen LogP) is 0.978. The Balaban J connectivity index is 1.95. The molecule has 3 nitrogen and oxygen atoms in total. The number of rotatable bonds is 3. The minimum atomic E-state index is 0.113. The lowest BCUT2D eigenvalue weighted by Gasteiger charge is -2.31. The molecule has 3 heteroatoms. The van der Waals surface area contributed by atoms with Gasteiger partial charge in [-0.25, -0.2) is 0 Å². The summed E-state index contributed by atoms with van der Waals surface area (Å²) in [6, 6.07) is 9.43. The minimum absolute atomic E-state index is 0.113. The Morgan fingerprint density at radius 2 is 2.07 bits per heavy atom. The SMILES string of the molecule is CN(CC1CNC1)C(=O)c1ccccc1. The van der Waals surface area contributed by atoms with E-state index >= 15 is 0 Å². The third-order valence-electron chi connectivity index (χ3n) is 2.77. The molecule has 2 rings (SSSR count). The lowest BCUT2D eigenvalue weighted by Crippen LogP contribution is -2.48. The lowest BCUT2D eigenvalue weighted by atomic mass is 10.0. The molecule has 1 heterocycles. The van der Waals surface area contributed by atoms with Crippen LogP contribution in [0.25, 0.3) is 0 Å². The molecule has 0 aromatic heterocycles. The topological polar surface area (TPSA) is 32.3 Å². The van der Waals surface area contributed by atoms with Gasteiger partial charge < -0.3 is 10.2 Å². The summed E-state index contributed by atoms with van der Waals surface area (Å²) < 4.78 is 0. The number of hydrogen-bond donors (Lipinski definition) is 1. The molecule has 0 aliphatic carbocycles. The van der Waals surface area contributed by atoms with E-state index in [1.54, 1.807) is 4.90 Å². The Hall–Kier alpha value is -1.35. The van der Waals surface area contributed by atoms with Crippen molar-refractivity contribution in [1.29, 1.82) is 0 Å². The van der Waals surface area contributed by atoms with Gasteiger partial charge in [0.2, 0.25) is 0 Å². The van der Waals surface area contributed by atoms with Crippen molar-refractivity contribution < 1.29 is 4.79 Å². The zero-order valence-electron chi connectivity index (χ0n) is 8.94. The quantitative estimate of drug-likeness (QED) is 0.796. The Labute approximate surface area is 90.1 Å². The normalized spacial score (nSPS) is 15.8. The second kappa shape index (κ2) is 4.45. The lowest BCUT2D eigenvalue weighted by molar-refractivity contribution is 0.0756. The molecule has 0 bridgehead atoms. The minimum Gasteiger partial charge on any atom is -0.341 e. The molecule has 0 atom stereocenters. The summed E-state index contributed by atoms with van der Waals surface area (Å²) >= 11 is 0. The number of hydrogen-bond acceptors (Lipinski definition) is 2. The summed E-state index contributed by atoms with van der Waals surface area (Å²) in [5.74, 6) is 0.741. The molecular weight excluding hydrogens is 188 g/mol. The van der Waals surface area contributed by atoms with Gasteiger partial charge in [-0.3, -0.25) is 4.79 Å². The van der Waals surface area contributed by atoms with Gasteiger partial charge in [0.1, 0.15) is 0 Å². The van der Waals surface area contributed by atoms with E-state index in [4.69, 9.17) is 0 Å². The van der Waals surface area contributed by atoms with Gasteiger partial charge in [0, 0.05) is 38.2 Å². The second-order valence-corrected chi connectivity index (χ2v) is 4.08. The van der Waals surface area contributed by atoms with E-state index in [0.29, 0.717) is 5.92 Å². The molecule has 80 valence electrons. The monoisotopic (exact) mass is 204 g/mol. The van der Waals surface area contributed by atoms with Gasteiger partial charge in [-0.1, -0.05) is 18.2 Å². The van der Waals surface area contributed by atoms with Crippen molar-refractivity contribution >= 4 is 5.91 Å². The molecule has 0 unspecified atom stereocenters. The number of nitrogens with one attached hydrogen (secondary N) is 1. The fourth-order valence-electron chi connectivity index (χ4n) is 1.75. The average molecular weight is 204 g/mol. The first-order chi connectivity index (χ1) is 7.27. The predicted molar refractivity (Wildman–Crippen MR) is 59.8 cm³/mol. The van der Waals surface area contributed by atoms with Crippen LogP contribution in [-0.2, 0) is 0 Å². The van der Waals surface area contributed by atoms with Gasteiger partial charge in [-0.05, 0) is 12.1 Å². The van der Waals surface area contributed by atoms with Gasteiger partial charge in [0.15, 0.2) is 0 Å². The van der Waals surface area contributed by atoms with Crippen LogP contribution in [0.2, 0.25) is 0 Å². The first-order valence-electron chi connectivity index (χ1n) is 5.28. The number of carbonyl (C=O) groups is 1. The Bertz CT molecular complexity index is 333. The van der Waals surface area contributed by atoms with E-state index in [-0.39, 0.29) is 5.91 Å². The average Bonchev–Trinajstić information content (AvgIpc) is 2.23. The Kier molecular flexibility index (Phi) is 3.02. The van der Waals surface area contributed by atoms with E-state index in [1.807, 2.05) is 37.4 Å². The van der Waals surface area contributed by atoms with Crippen LogP contribution in [0, 0.1) is 5.92 Å². The third kappa shape index (κ3) is 2.36. The maximum absolute atomic E-state index is 11.9. The number of benzene rings is 1. The molecule has 1 aromatic rings. The first kappa shape index (κ1) is 10.2. The van der Waals surface area contributed by atoms with Crippen molar-refractivity contribution in [1.82, 2.24) is 10.2 Å². The van der Waals surface area contributed by atoms with E-state index in [9.17, 15) is 4.79 Å². The largest absolute Gasteiger partial charge is 0.341 e. The maximum atomic E-state index is 11.9. The van der Waals surface area contributed by atoms with Crippen molar-refractivity contribution in [3.8, 4) is 0 Å². The molecular formula is C12H16N2O. The van der Waals surface area contributed by atoms with Gasteiger partial charge in [-0.2, -0.15) is 0 Å². The highest BCUT2D eigenvalue weighted by atomic mass is 16.2. The summed E-state index contributed by atoms with van der Waals surface area (Å²) in [6.07, 6.45) is 0. The maximum Gasteiger partial charge on any atom is 0.253 e. The fourth-order valence-corrected chi connectivity index (χ4v) is 1.75. The van der Waals surface area contributed by atoms with Crippen molar-refractivity contribution in [2.75, 3.05) is 26.7 Å². The van der Waals surface area contributed by atoms with Crippen LogP contribution in [-0.4, -0.2) is 37.5 Å². The summed E-state index contributed by atoms with van der Waals surface area (Å²) in [7, 11) is 1.87. The first-order valence-corrected chi connectivity index (χ1v) is 5.28. The van der Waals surface area contributed by atoms with Crippen LogP contribution >= 0.6 is 0 Å². The van der Waals surface area contributed by atoms with E-state index < -0.39 is 0 Å². The summed E-state index contributed by atoms with van der Waals surface area (Å²) in [6.45, 7) is 2.92. The standard InChI is InChI=1S/C12H16N2O/c1-14(9-10-7-13-8-10)12(15)11-5-3-2-4-6-11/h2-6,10,13H,7-9H2,1H3. The Morgan fingerprint density at radius 3 is 2.60 bits per heavy atom. The van der Waals surface area contributed by atoms with Crippen LogP contribution in [0.1, 0.15) is 10.4 Å². The van der Waals surface area contributed by atoms with E-state index in [1.165, 1.54) is 0 Å². The van der Waals surface area contributed by atoms with Crippen molar-refractivity contribution in [2.24, 2.45) is 5.92 Å². The van der Waals surface area contributed by atoms with Crippen molar-refractivity contribution in [2.45, 2.75) is 0 Å². The van der Waals surface area contributed by atoms with E-state index in [2.05, 4.69) is 5.32 Å². The van der Waals surface area contributed by atoms with Gasteiger partial charge in [-0.15, -0.1) is 0 Å². The molecule has 1 N–H and O–H groups in total. The molecule has 1 aliphatic heterocycles. The van der Waals surface area contributed by atoms with Crippen molar-refractivity contribution in [3.63, 3.8) is 0 Å². The van der Waals surface area contributed by atoms with Crippen LogP contribution in [0.5, 0.6) is 0 Å². The van der Waals surface area contributed by atoms with Crippen LogP contribution < -0.4 is 5.32 Å². The van der Waals surface area contributed by atoms with Gasteiger partial charge >= 0.3 is 0 Å². The fraction of sp³-hybridized carbons (Fsp3) is 0.417. The number of carbonyl (C=O) groups excluding carboxylic acids is 1. The van der Waals surface area contributed by atoms with Gasteiger partial charge in [0.05, 0.1) is 0 Å². The molecule has 1 aromatic carbocycles. The molecule has 1 fully saturated rings. The van der Waals surface area contributed by atoms with Gasteiger partial charge in [0.25, 0.3) is 5.91 Å². The van der Waals surface area contributed by atoms with Crippen molar-refractivity contribution in [3.05, 3.63) is 35.9 Å².